The molecule has 0 spiro atoms. The summed E-state index contributed by atoms with van der Waals surface area (Å²) in [6, 6.07) is -1.92. The van der Waals surface area contributed by atoms with Gasteiger partial charge in [-0.25, -0.2) is 4.79 Å². The van der Waals surface area contributed by atoms with Gasteiger partial charge >= 0.3 is 5.97 Å². The fourth-order valence-corrected chi connectivity index (χ4v) is 3.43. The molecular weight excluding hydrogens is 340 g/mol. The van der Waals surface area contributed by atoms with Gasteiger partial charge in [-0.1, -0.05) is 0 Å². The first-order valence-electron chi connectivity index (χ1n) is 9.02. The van der Waals surface area contributed by atoms with Gasteiger partial charge in [0, 0.05) is 13.1 Å². The lowest BCUT2D eigenvalue weighted by atomic mass is 10.1. The molecule has 0 unspecified atom stereocenters. The second-order valence-electron chi connectivity index (χ2n) is 6.69. The molecule has 2 amide bonds. The van der Waals surface area contributed by atoms with Crippen LogP contribution in [0.25, 0.3) is 0 Å². The van der Waals surface area contributed by atoms with E-state index in [1.54, 1.807) is 0 Å². The Balaban J connectivity index is 2.02. The van der Waals surface area contributed by atoms with Crippen molar-refractivity contribution in [3.63, 3.8) is 0 Å². The van der Waals surface area contributed by atoms with Crippen molar-refractivity contribution in [1.29, 1.82) is 0 Å². The van der Waals surface area contributed by atoms with Crippen LogP contribution in [0, 0.1) is 0 Å². The highest BCUT2D eigenvalue weighted by Gasteiger charge is 2.38. The number of nitrogens with zero attached hydrogens (tertiary/aromatic N) is 2. The zero-order valence-electron chi connectivity index (χ0n) is 14.8. The third-order valence-corrected chi connectivity index (χ3v) is 4.76. The first-order chi connectivity index (χ1) is 12.4. The normalized spacial score (nSPS) is 23.5. The molecule has 0 aromatic heterocycles. The molecule has 2 aliphatic heterocycles. The molecule has 0 bridgehead atoms. The van der Waals surface area contributed by atoms with Gasteiger partial charge in [0.25, 0.3) is 0 Å². The van der Waals surface area contributed by atoms with Crippen LogP contribution >= 0.6 is 0 Å². The number of guanidine groups is 1. The molecule has 2 rings (SSSR count). The molecular formula is C16H28N6O4. The summed E-state index contributed by atoms with van der Waals surface area (Å²) in [5.74, 6) is -1.63. The molecule has 2 aliphatic rings. The Kier molecular flexibility index (Phi) is 7.19. The molecule has 2 heterocycles. The van der Waals surface area contributed by atoms with Gasteiger partial charge in [-0.05, 0) is 45.1 Å². The van der Waals surface area contributed by atoms with E-state index < -0.39 is 18.1 Å². The maximum absolute atomic E-state index is 12.9. The molecule has 0 aromatic carbocycles. The van der Waals surface area contributed by atoms with Crippen LogP contribution in [-0.4, -0.2) is 71.5 Å². The minimum atomic E-state index is -1.01. The number of carbonyl (C=O) groups excluding carboxylic acids is 2. The number of carboxylic acids is 1. The third-order valence-electron chi connectivity index (χ3n) is 4.76. The summed E-state index contributed by atoms with van der Waals surface area (Å²) >= 11 is 0. The number of rotatable bonds is 8. The van der Waals surface area contributed by atoms with Crippen LogP contribution in [0.5, 0.6) is 0 Å². The van der Waals surface area contributed by atoms with E-state index in [9.17, 15) is 19.5 Å². The molecule has 10 heteroatoms. The predicted octanol–water partition coefficient (Wildman–Crippen LogP) is -1.65. The van der Waals surface area contributed by atoms with Gasteiger partial charge in [0.2, 0.25) is 11.8 Å². The van der Waals surface area contributed by atoms with E-state index in [1.807, 2.05) is 0 Å². The van der Waals surface area contributed by atoms with Gasteiger partial charge < -0.3 is 32.1 Å². The third kappa shape index (κ3) is 5.32. The van der Waals surface area contributed by atoms with Crippen molar-refractivity contribution in [3.8, 4) is 0 Å². The lowest BCUT2D eigenvalue weighted by Gasteiger charge is -2.28. The Bertz CT molecular complexity index is 557. The van der Waals surface area contributed by atoms with Crippen LogP contribution in [0.1, 0.15) is 38.5 Å². The zero-order chi connectivity index (χ0) is 19.1. The Morgan fingerprint density at radius 2 is 2.04 bits per heavy atom. The van der Waals surface area contributed by atoms with Crippen LogP contribution in [0.4, 0.5) is 0 Å². The van der Waals surface area contributed by atoms with Crippen molar-refractivity contribution in [2.45, 2.75) is 56.7 Å². The van der Waals surface area contributed by atoms with Gasteiger partial charge in [-0.2, -0.15) is 0 Å². The molecule has 26 heavy (non-hydrogen) atoms. The average Bonchev–Trinajstić information content (AvgIpc) is 3.27. The number of aliphatic carboxylic acids is 1. The molecule has 2 saturated heterocycles. The molecule has 0 saturated carbocycles. The molecule has 0 aliphatic carbocycles. The summed E-state index contributed by atoms with van der Waals surface area (Å²) in [5, 5.41) is 15.2. The lowest BCUT2D eigenvalue weighted by Crippen LogP contribution is -2.54. The fraction of sp³-hybridized carbons (Fsp3) is 0.750. The number of nitrogens with one attached hydrogen (secondary N) is 2. The van der Waals surface area contributed by atoms with E-state index in [0.717, 1.165) is 19.4 Å². The molecule has 2 fully saturated rings. The highest BCUT2D eigenvalue weighted by atomic mass is 16.4. The summed E-state index contributed by atoms with van der Waals surface area (Å²) in [5.41, 5.74) is 10.6. The Morgan fingerprint density at radius 3 is 2.65 bits per heavy atom. The van der Waals surface area contributed by atoms with Crippen LogP contribution in [0.15, 0.2) is 4.99 Å². The summed E-state index contributed by atoms with van der Waals surface area (Å²) in [6.07, 6.45) is 3.55. The predicted molar refractivity (Wildman–Crippen MR) is 95.2 cm³/mol. The van der Waals surface area contributed by atoms with E-state index in [-0.39, 0.29) is 23.8 Å². The maximum atomic E-state index is 12.9. The molecule has 7 N–H and O–H groups in total. The summed E-state index contributed by atoms with van der Waals surface area (Å²) in [6.45, 7) is 1.50. The van der Waals surface area contributed by atoms with Crippen molar-refractivity contribution < 1.29 is 19.5 Å². The molecule has 0 aromatic rings. The Morgan fingerprint density at radius 1 is 1.27 bits per heavy atom. The van der Waals surface area contributed by atoms with Gasteiger partial charge in [0.05, 0.1) is 6.04 Å². The number of likely N-dealkylation sites (tertiary alicyclic amines) is 1. The maximum Gasteiger partial charge on any atom is 0.326 e. The number of aliphatic imine (C=N–C) groups is 1. The van der Waals surface area contributed by atoms with Gasteiger partial charge in [0.15, 0.2) is 5.96 Å². The van der Waals surface area contributed by atoms with E-state index >= 15 is 0 Å². The number of carbonyl (C=O) groups is 3. The summed E-state index contributed by atoms with van der Waals surface area (Å²) < 4.78 is 0. The first kappa shape index (κ1) is 20.0. The standard InChI is InChI=1S/C16H28N6O4/c17-16(18)20-8-2-5-11(21-13(23)10-4-1-7-19-10)14(24)22-9-3-6-12(22)15(25)26/h10-12,19H,1-9H2,(H,21,23)(H,25,26)(H4,17,18,20)/t10-,11-,12+/m0/s1. The fourth-order valence-electron chi connectivity index (χ4n) is 3.43. The number of carboxylic acid groups (broad SMARTS) is 1. The monoisotopic (exact) mass is 368 g/mol. The first-order valence-corrected chi connectivity index (χ1v) is 9.02. The molecule has 3 atom stereocenters. The summed E-state index contributed by atoms with van der Waals surface area (Å²) in [4.78, 5) is 41.9. The van der Waals surface area contributed by atoms with Crippen molar-refractivity contribution in [2.24, 2.45) is 16.5 Å². The average molecular weight is 368 g/mol. The van der Waals surface area contributed by atoms with Crippen molar-refractivity contribution in [2.75, 3.05) is 19.6 Å². The van der Waals surface area contributed by atoms with Gasteiger partial charge in [-0.3, -0.25) is 14.6 Å². The van der Waals surface area contributed by atoms with Crippen LogP contribution in [0.3, 0.4) is 0 Å². The topological polar surface area (TPSA) is 163 Å². The van der Waals surface area contributed by atoms with Gasteiger partial charge in [0.1, 0.15) is 12.1 Å². The smallest absolute Gasteiger partial charge is 0.326 e. The minimum Gasteiger partial charge on any atom is -0.480 e. The number of nitrogens with two attached hydrogens (primary N) is 2. The number of amides is 2. The SMILES string of the molecule is NC(N)=NCCC[C@H](NC(=O)[C@@H]1CCCN1)C(=O)N1CCC[C@@H]1C(=O)O. The highest BCUT2D eigenvalue weighted by molar-refractivity contribution is 5.92. The largest absolute Gasteiger partial charge is 0.480 e. The molecule has 146 valence electrons. The van der Waals surface area contributed by atoms with E-state index in [1.165, 1.54) is 4.90 Å². The number of hydrogen-bond donors (Lipinski definition) is 5. The Labute approximate surface area is 152 Å². The van der Waals surface area contributed by atoms with E-state index in [2.05, 4.69) is 15.6 Å². The zero-order valence-corrected chi connectivity index (χ0v) is 14.8. The van der Waals surface area contributed by atoms with Crippen molar-refractivity contribution in [3.05, 3.63) is 0 Å². The second-order valence-corrected chi connectivity index (χ2v) is 6.69. The van der Waals surface area contributed by atoms with Crippen LogP contribution < -0.4 is 22.1 Å². The van der Waals surface area contributed by atoms with Crippen LogP contribution in [-0.2, 0) is 14.4 Å². The molecule has 0 radical (unpaired) electrons. The highest BCUT2D eigenvalue weighted by Crippen LogP contribution is 2.20. The van der Waals surface area contributed by atoms with Crippen LogP contribution in [0.2, 0.25) is 0 Å². The molecule has 10 nitrogen and oxygen atoms in total. The van der Waals surface area contributed by atoms with Crippen molar-refractivity contribution >= 4 is 23.7 Å². The van der Waals surface area contributed by atoms with E-state index in [4.69, 9.17) is 11.5 Å². The Hall–Kier alpha value is -2.36. The quantitative estimate of drug-likeness (QED) is 0.195. The minimum absolute atomic E-state index is 0.0300. The van der Waals surface area contributed by atoms with Crippen molar-refractivity contribution in [1.82, 2.24) is 15.5 Å². The lowest BCUT2D eigenvalue weighted by molar-refractivity contribution is -0.149. The van der Waals surface area contributed by atoms with Gasteiger partial charge in [-0.15, -0.1) is 0 Å². The second kappa shape index (κ2) is 9.37. The number of hydrogen-bond acceptors (Lipinski definition) is 5. The van der Waals surface area contributed by atoms with E-state index in [0.29, 0.717) is 38.8 Å². The summed E-state index contributed by atoms with van der Waals surface area (Å²) in [7, 11) is 0.